The van der Waals surface area contributed by atoms with Crippen LogP contribution in [0.5, 0.6) is 5.75 Å². The van der Waals surface area contributed by atoms with Crippen molar-refractivity contribution in [2.75, 3.05) is 32.8 Å². The second-order valence-corrected chi connectivity index (χ2v) is 8.49. The van der Waals surface area contributed by atoms with Gasteiger partial charge in [-0.1, -0.05) is 42.5 Å². The molecule has 0 saturated carbocycles. The molecule has 2 aliphatic heterocycles. The molecule has 2 heterocycles. The molecule has 5 nitrogen and oxygen atoms in total. The number of hydrogen-bond donors (Lipinski definition) is 0. The SMILES string of the molecule is CCOc1ccccc1C(=O)N1CCC(N2CCC[C@@H]2COCc2ccccc2)CC1. The summed E-state index contributed by atoms with van der Waals surface area (Å²) in [6.07, 6.45) is 4.49. The number of likely N-dealkylation sites (tertiary alicyclic amines) is 2. The zero-order chi connectivity index (χ0) is 21.5. The fourth-order valence-electron chi connectivity index (χ4n) is 4.90. The predicted octanol–water partition coefficient (Wildman–Crippen LogP) is 4.37. The van der Waals surface area contributed by atoms with Gasteiger partial charge in [0, 0.05) is 25.2 Å². The molecular formula is C26H34N2O3. The van der Waals surface area contributed by atoms with Gasteiger partial charge in [-0.2, -0.15) is 0 Å². The molecule has 0 N–H and O–H groups in total. The Kier molecular flexibility index (Phi) is 7.60. The van der Waals surface area contributed by atoms with E-state index in [1.165, 1.54) is 18.4 Å². The molecule has 0 unspecified atom stereocenters. The maximum Gasteiger partial charge on any atom is 0.257 e. The van der Waals surface area contributed by atoms with E-state index in [0.717, 1.165) is 39.1 Å². The Morgan fingerprint density at radius 1 is 0.968 bits per heavy atom. The van der Waals surface area contributed by atoms with Crippen LogP contribution in [-0.2, 0) is 11.3 Å². The minimum atomic E-state index is 0.0895. The van der Waals surface area contributed by atoms with E-state index in [2.05, 4.69) is 29.2 Å². The lowest BCUT2D eigenvalue weighted by molar-refractivity contribution is 0.0313. The Labute approximate surface area is 185 Å². The topological polar surface area (TPSA) is 42.0 Å². The van der Waals surface area contributed by atoms with Crippen molar-refractivity contribution in [3.05, 3.63) is 65.7 Å². The van der Waals surface area contributed by atoms with E-state index in [1.807, 2.05) is 42.2 Å². The molecule has 1 atom stereocenters. The molecule has 0 radical (unpaired) electrons. The lowest BCUT2D eigenvalue weighted by atomic mass is 10.0. The fourth-order valence-corrected chi connectivity index (χ4v) is 4.90. The molecule has 5 heteroatoms. The van der Waals surface area contributed by atoms with Crippen LogP contribution < -0.4 is 4.74 Å². The first-order chi connectivity index (χ1) is 15.3. The first-order valence-corrected chi connectivity index (χ1v) is 11.6. The number of rotatable bonds is 8. The number of benzene rings is 2. The number of amides is 1. The highest BCUT2D eigenvalue weighted by molar-refractivity contribution is 5.97. The highest BCUT2D eigenvalue weighted by Crippen LogP contribution is 2.28. The van der Waals surface area contributed by atoms with E-state index in [-0.39, 0.29) is 5.91 Å². The lowest BCUT2D eigenvalue weighted by Crippen LogP contribution is -2.49. The van der Waals surface area contributed by atoms with Gasteiger partial charge in [-0.3, -0.25) is 9.69 Å². The number of carbonyl (C=O) groups excluding carboxylic acids is 1. The molecule has 2 fully saturated rings. The third-order valence-electron chi connectivity index (χ3n) is 6.48. The first kappa shape index (κ1) is 21.8. The molecule has 2 aliphatic rings. The van der Waals surface area contributed by atoms with Gasteiger partial charge in [0.25, 0.3) is 5.91 Å². The van der Waals surface area contributed by atoms with Crippen LogP contribution in [0.25, 0.3) is 0 Å². The predicted molar refractivity (Wildman–Crippen MR) is 122 cm³/mol. The van der Waals surface area contributed by atoms with Crippen LogP contribution in [0.4, 0.5) is 0 Å². The summed E-state index contributed by atoms with van der Waals surface area (Å²) >= 11 is 0. The average molecular weight is 423 g/mol. The number of nitrogens with zero attached hydrogens (tertiary/aromatic N) is 2. The normalized spacial score (nSPS) is 20.2. The number of ether oxygens (including phenoxy) is 2. The minimum Gasteiger partial charge on any atom is -0.493 e. The highest BCUT2D eigenvalue weighted by atomic mass is 16.5. The van der Waals surface area contributed by atoms with Gasteiger partial charge >= 0.3 is 0 Å². The van der Waals surface area contributed by atoms with Crippen molar-refractivity contribution < 1.29 is 14.3 Å². The second kappa shape index (κ2) is 10.8. The average Bonchev–Trinajstić information content (AvgIpc) is 3.29. The molecule has 166 valence electrons. The van der Waals surface area contributed by atoms with Gasteiger partial charge in [0.05, 0.1) is 25.4 Å². The summed E-state index contributed by atoms with van der Waals surface area (Å²) in [5.41, 5.74) is 1.90. The van der Waals surface area contributed by atoms with Gasteiger partial charge in [0.1, 0.15) is 5.75 Å². The van der Waals surface area contributed by atoms with E-state index in [4.69, 9.17) is 9.47 Å². The summed E-state index contributed by atoms with van der Waals surface area (Å²) in [6.45, 7) is 6.73. The molecule has 0 aromatic heterocycles. The van der Waals surface area contributed by atoms with Crippen LogP contribution in [0, 0.1) is 0 Å². The van der Waals surface area contributed by atoms with Gasteiger partial charge in [-0.25, -0.2) is 0 Å². The fraction of sp³-hybridized carbons (Fsp3) is 0.500. The number of carbonyl (C=O) groups is 1. The van der Waals surface area contributed by atoms with E-state index >= 15 is 0 Å². The summed E-state index contributed by atoms with van der Waals surface area (Å²) in [4.78, 5) is 17.7. The van der Waals surface area contributed by atoms with Gasteiger partial charge < -0.3 is 14.4 Å². The van der Waals surface area contributed by atoms with Crippen LogP contribution >= 0.6 is 0 Å². The third-order valence-corrected chi connectivity index (χ3v) is 6.48. The van der Waals surface area contributed by atoms with Crippen LogP contribution in [0.1, 0.15) is 48.5 Å². The molecule has 0 aliphatic carbocycles. The van der Waals surface area contributed by atoms with Crippen LogP contribution in [0.2, 0.25) is 0 Å². The number of para-hydroxylation sites is 1. The van der Waals surface area contributed by atoms with Crippen molar-refractivity contribution in [3.8, 4) is 5.75 Å². The Balaban J connectivity index is 1.28. The summed E-state index contributed by atoms with van der Waals surface area (Å²) in [5.74, 6) is 0.777. The van der Waals surface area contributed by atoms with Crippen molar-refractivity contribution in [2.45, 2.75) is 51.3 Å². The Morgan fingerprint density at radius 3 is 2.48 bits per heavy atom. The molecule has 0 spiro atoms. The molecule has 2 aromatic carbocycles. The standard InChI is InChI=1S/C26H34N2O3/c1-2-31-25-13-7-6-12-24(25)26(29)27-17-14-22(15-18-27)28-16-8-11-23(28)20-30-19-21-9-4-3-5-10-21/h3-7,9-10,12-13,22-23H,2,8,11,14-20H2,1H3/t23-/m1/s1. The number of piperidine rings is 1. The third kappa shape index (κ3) is 5.46. The Bertz CT molecular complexity index is 834. The summed E-state index contributed by atoms with van der Waals surface area (Å²) in [6, 6.07) is 19.0. The highest BCUT2D eigenvalue weighted by Gasteiger charge is 2.34. The Morgan fingerprint density at radius 2 is 1.71 bits per heavy atom. The second-order valence-electron chi connectivity index (χ2n) is 8.49. The first-order valence-electron chi connectivity index (χ1n) is 11.6. The summed E-state index contributed by atoms with van der Waals surface area (Å²) < 4.78 is 11.7. The smallest absolute Gasteiger partial charge is 0.257 e. The van der Waals surface area contributed by atoms with E-state index < -0.39 is 0 Å². The number of hydrogen-bond acceptors (Lipinski definition) is 4. The van der Waals surface area contributed by atoms with Crippen LogP contribution in [-0.4, -0.2) is 60.6 Å². The molecular weight excluding hydrogens is 388 g/mol. The molecule has 1 amide bonds. The monoisotopic (exact) mass is 422 g/mol. The molecule has 4 rings (SSSR count). The Hall–Kier alpha value is -2.37. The molecule has 31 heavy (non-hydrogen) atoms. The zero-order valence-corrected chi connectivity index (χ0v) is 18.5. The van der Waals surface area contributed by atoms with Crippen LogP contribution in [0.3, 0.4) is 0 Å². The van der Waals surface area contributed by atoms with Gasteiger partial charge in [-0.05, 0) is 56.8 Å². The quantitative estimate of drug-likeness (QED) is 0.634. The van der Waals surface area contributed by atoms with Crippen molar-refractivity contribution in [1.29, 1.82) is 0 Å². The van der Waals surface area contributed by atoms with Crippen molar-refractivity contribution >= 4 is 5.91 Å². The molecule has 0 bridgehead atoms. The largest absolute Gasteiger partial charge is 0.493 e. The molecule has 2 saturated heterocycles. The minimum absolute atomic E-state index is 0.0895. The summed E-state index contributed by atoms with van der Waals surface area (Å²) in [7, 11) is 0. The van der Waals surface area contributed by atoms with Crippen molar-refractivity contribution in [3.63, 3.8) is 0 Å². The van der Waals surface area contributed by atoms with Gasteiger partial charge in [0.2, 0.25) is 0 Å². The maximum absolute atomic E-state index is 13.1. The van der Waals surface area contributed by atoms with E-state index in [0.29, 0.717) is 36.6 Å². The van der Waals surface area contributed by atoms with Crippen molar-refractivity contribution in [1.82, 2.24) is 9.80 Å². The zero-order valence-electron chi connectivity index (χ0n) is 18.5. The van der Waals surface area contributed by atoms with Gasteiger partial charge in [0.15, 0.2) is 0 Å². The van der Waals surface area contributed by atoms with E-state index in [1.54, 1.807) is 0 Å². The lowest BCUT2D eigenvalue weighted by Gasteiger charge is -2.39. The molecule has 2 aromatic rings. The summed E-state index contributed by atoms with van der Waals surface area (Å²) in [5, 5.41) is 0. The maximum atomic E-state index is 13.1. The van der Waals surface area contributed by atoms with E-state index in [9.17, 15) is 4.79 Å². The van der Waals surface area contributed by atoms with Gasteiger partial charge in [-0.15, -0.1) is 0 Å². The van der Waals surface area contributed by atoms with Crippen LogP contribution in [0.15, 0.2) is 54.6 Å². The van der Waals surface area contributed by atoms with Crippen molar-refractivity contribution in [2.24, 2.45) is 0 Å².